The van der Waals surface area contributed by atoms with Crippen LogP contribution in [0.3, 0.4) is 0 Å². The minimum absolute atomic E-state index is 0.333. The molecular formula is C2H3ClFNO. The van der Waals surface area contributed by atoms with Crippen molar-refractivity contribution in [2.45, 2.75) is 0 Å². The Bertz CT molecular complexity index is 64.6. The third-order valence-electron chi connectivity index (χ3n) is 0.242. The van der Waals surface area contributed by atoms with Gasteiger partial charge >= 0.3 is 6.16 Å². The number of nitrogens with zero attached hydrogens (tertiary/aromatic N) is 1. The van der Waals surface area contributed by atoms with E-state index in [0.717, 1.165) is 7.05 Å². The molecule has 0 N–H and O–H groups in total. The Morgan fingerprint density at radius 2 is 2.17 bits per heavy atom. The smallest absolute Gasteiger partial charge is 0.233 e. The van der Waals surface area contributed by atoms with Crippen LogP contribution in [-0.2, 0) is 0 Å². The summed E-state index contributed by atoms with van der Waals surface area (Å²) < 4.78 is 11.3. The maximum atomic E-state index is 11.0. The molecule has 4 heteroatoms. The number of hydrogen-bond donors (Lipinski definition) is 0. The van der Waals surface area contributed by atoms with E-state index in [0.29, 0.717) is 4.42 Å². The lowest BCUT2D eigenvalue weighted by Crippen LogP contribution is -2.06. The van der Waals surface area contributed by atoms with Crippen molar-refractivity contribution in [3.05, 3.63) is 0 Å². The number of carbonyl (C=O) groups excluding carboxylic acids is 1. The SMILES string of the molecule is CN(Cl)C(=O)F. The highest BCUT2D eigenvalue weighted by atomic mass is 35.5. The first-order valence-electron chi connectivity index (χ1n) is 1.23. The largest absolute Gasteiger partial charge is 0.414 e. The van der Waals surface area contributed by atoms with Gasteiger partial charge in [0.2, 0.25) is 0 Å². The standard InChI is InChI=1S/C2H3ClFNO/c1-5(3)2(4)6/h1H3. The summed E-state index contributed by atoms with van der Waals surface area (Å²) in [6, 6.07) is 0. The molecule has 0 radical (unpaired) electrons. The lowest BCUT2D eigenvalue weighted by atomic mass is 11.2. The average molecular weight is 112 g/mol. The van der Waals surface area contributed by atoms with E-state index in [2.05, 4.69) is 0 Å². The van der Waals surface area contributed by atoms with Crippen molar-refractivity contribution in [3.8, 4) is 0 Å². The topological polar surface area (TPSA) is 20.3 Å². The Morgan fingerprint density at radius 3 is 2.17 bits per heavy atom. The van der Waals surface area contributed by atoms with Gasteiger partial charge in [0.15, 0.2) is 0 Å². The fourth-order valence-corrected chi connectivity index (χ4v) is 0. The lowest BCUT2D eigenvalue weighted by Gasteiger charge is -1.93. The number of rotatable bonds is 0. The van der Waals surface area contributed by atoms with Crippen LogP contribution in [-0.4, -0.2) is 17.6 Å². The molecule has 0 aliphatic carbocycles. The van der Waals surface area contributed by atoms with Gasteiger partial charge in [-0.05, 0) is 0 Å². The molecule has 0 atom stereocenters. The second-order valence-electron chi connectivity index (χ2n) is 0.730. The molecule has 0 aromatic rings. The molecule has 0 unspecified atom stereocenters. The van der Waals surface area contributed by atoms with Crippen LogP contribution in [0.1, 0.15) is 0 Å². The van der Waals surface area contributed by atoms with Crippen molar-refractivity contribution in [1.29, 1.82) is 0 Å². The van der Waals surface area contributed by atoms with Crippen molar-refractivity contribution >= 4 is 17.9 Å². The minimum Gasteiger partial charge on any atom is -0.233 e. The molecule has 0 rings (SSSR count). The summed E-state index contributed by atoms with van der Waals surface area (Å²) in [4.78, 5) is 9.27. The Hall–Kier alpha value is -0.310. The van der Waals surface area contributed by atoms with Crippen LogP contribution in [0, 0.1) is 0 Å². The van der Waals surface area contributed by atoms with Crippen molar-refractivity contribution < 1.29 is 9.18 Å². The molecule has 1 amide bonds. The number of hydrogen-bond acceptors (Lipinski definition) is 1. The van der Waals surface area contributed by atoms with Gasteiger partial charge in [-0.2, -0.15) is 0 Å². The Kier molecular flexibility index (Phi) is 1.87. The van der Waals surface area contributed by atoms with Gasteiger partial charge in [0.1, 0.15) is 0 Å². The van der Waals surface area contributed by atoms with Gasteiger partial charge in [0.25, 0.3) is 0 Å². The van der Waals surface area contributed by atoms with Crippen molar-refractivity contribution in [2.75, 3.05) is 7.05 Å². The predicted molar refractivity (Wildman–Crippen MR) is 20.1 cm³/mol. The van der Waals surface area contributed by atoms with E-state index in [4.69, 9.17) is 11.8 Å². The quantitative estimate of drug-likeness (QED) is 0.261. The molecule has 0 fully saturated rings. The second-order valence-corrected chi connectivity index (χ2v) is 1.24. The van der Waals surface area contributed by atoms with E-state index in [1.807, 2.05) is 0 Å². The average Bonchev–Trinajstić information content (AvgIpc) is 1.36. The summed E-state index contributed by atoms with van der Waals surface area (Å²) in [5.41, 5.74) is 0. The highest BCUT2D eigenvalue weighted by molar-refractivity contribution is 6.19. The zero-order valence-electron chi connectivity index (χ0n) is 3.11. The van der Waals surface area contributed by atoms with Crippen molar-refractivity contribution in [1.82, 2.24) is 4.42 Å². The number of amides is 1. The van der Waals surface area contributed by atoms with E-state index in [1.165, 1.54) is 0 Å². The molecular weight excluding hydrogens is 108 g/mol. The molecule has 0 aliphatic heterocycles. The fourth-order valence-electron chi connectivity index (χ4n) is 0. The predicted octanol–water partition coefficient (Wildman–Crippen LogP) is 1.16. The lowest BCUT2D eigenvalue weighted by molar-refractivity contribution is 0.208. The molecule has 0 aromatic heterocycles. The van der Waals surface area contributed by atoms with Crippen LogP contribution >= 0.6 is 11.8 Å². The number of carbonyl (C=O) groups is 1. The third kappa shape index (κ3) is 1.96. The van der Waals surface area contributed by atoms with Crippen LogP contribution in [0.25, 0.3) is 0 Å². The van der Waals surface area contributed by atoms with Gasteiger partial charge < -0.3 is 0 Å². The zero-order chi connectivity index (χ0) is 5.15. The van der Waals surface area contributed by atoms with Gasteiger partial charge in [-0.3, -0.25) is 0 Å². The first kappa shape index (κ1) is 5.69. The van der Waals surface area contributed by atoms with Crippen LogP contribution in [0.4, 0.5) is 9.18 Å². The van der Waals surface area contributed by atoms with Crippen LogP contribution in [0.5, 0.6) is 0 Å². The number of halogens is 2. The normalized spacial score (nSPS) is 7.83. The molecule has 0 spiro atoms. The minimum atomic E-state index is -1.64. The first-order valence-corrected chi connectivity index (χ1v) is 1.57. The van der Waals surface area contributed by atoms with Crippen LogP contribution in [0.2, 0.25) is 0 Å². The van der Waals surface area contributed by atoms with E-state index in [-0.39, 0.29) is 0 Å². The van der Waals surface area contributed by atoms with E-state index in [9.17, 15) is 9.18 Å². The van der Waals surface area contributed by atoms with Gasteiger partial charge in [0.05, 0.1) is 0 Å². The molecule has 0 aliphatic rings. The van der Waals surface area contributed by atoms with Crippen molar-refractivity contribution in [2.24, 2.45) is 0 Å². The highest BCUT2D eigenvalue weighted by Crippen LogP contribution is 1.89. The zero-order valence-corrected chi connectivity index (χ0v) is 3.87. The summed E-state index contributed by atoms with van der Waals surface area (Å²) in [5.74, 6) is 0. The maximum Gasteiger partial charge on any atom is 0.414 e. The van der Waals surface area contributed by atoms with Gasteiger partial charge in [-0.25, -0.2) is 9.21 Å². The van der Waals surface area contributed by atoms with E-state index >= 15 is 0 Å². The maximum absolute atomic E-state index is 11.0. The molecule has 0 bridgehead atoms. The first-order chi connectivity index (χ1) is 2.64. The van der Waals surface area contributed by atoms with Gasteiger partial charge in [-0.1, -0.05) is 0 Å². The molecule has 0 saturated carbocycles. The van der Waals surface area contributed by atoms with Crippen LogP contribution < -0.4 is 0 Å². The summed E-state index contributed by atoms with van der Waals surface area (Å²) >= 11 is 4.72. The summed E-state index contributed by atoms with van der Waals surface area (Å²) in [6.07, 6.45) is -1.64. The Balaban J connectivity index is 3.26. The summed E-state index contributed by atoms with van der Waals surface area (Å²) in [5, 5.41) is 0. The summed E-state index contributed by atoms with van der Waals surface area (Å²) in [7, 11) is 1.11. The molecule has 0 saturated heterocycles. The molecule has 36 valence electrons. The molecule has 0 aromatic carbocycles. The van der Waals surface area contributed by atoms with Gasteiger partial charge in [0, 0.05) is 18.8 Å². The summed E-state index contributed by atoms with van der Waals surface area (Å²) in [6.45, 7) is 0. The highest BCUT2D eigenvalue weighted by Gasteiger charge is 1.97. The fraction of sp³-hybridized carbons (Fsp3) is 0.500. The third-order valence-corrected chi connectivity index (χ3v) is 0.375. The monoisotopic (exact) mass is 111 g/mol. The van der Waals surface area contributed by atoms with Crippen molar-refractivity contribution in [3.63, 3.8) is 0 Å². The van der Waals surface area contributed by atoms with E-state index in [1.54, 1.807) is 0 Å². The van der Waals surface area contributed by atoms with E-state index < -0.39 is 6.16 Å². The molecule has 6 heavy (non-hydrogen) atoms. The van der Waals surface area contributed by atoms with Gasteiger partial charge in [-0.15, -0.1) is 4.39 Å². The molecule has 0 heterocycles. The van der Waals surface area contributed by atoms with Crippen LogP contribution in [0.15, 0.2) is 0 Å². The second kappa shape index (κ2) is 1.97. The Labute approximate surface area is 39.6 Å². The Morgan fingerprint density at radius 1 is 2.00 bits per heavy atom. The molecule has 2 nitrogen and oxygen atoms in total.